The van der Waals surface area contributed by atoms with Crippen LogP contribution < -0.4 is 16.2 Å². The molecule has 1 atom stereocenters. The minimum Gasteiger partial charge on any atom is -0.496 e. The minimum atomic E-state index is -0.177. The van der Waals surface area contributed by atoms with Gasteiger partial charge in [-0.05, 0) is 46.1 Å². The van der Waals surface area contributed by atoms with E-state index in [-0.39, 0.29) is 11.6 Å². The number of benzene rings is 1. The molecular weight excluding hydrogens is 224 g/mol. The summed E-state index contributed by atoms with van der Waals surface area (Å²) in [5, 5.41) is 0. The normalized spacial score (nSPS) is 13.5. The van der Waals surface area contributed by atoms with Gasteiger partial charge in [0.15, 0.2) is 0 Å². The van der Waals surface area contributed by atoms with Gasteiger partial charge in [-0.2, -0.15) is 0 Å². The van der Waals surface area contributed by atoms with Crippen LogP contribution in [0, 0.1) is 13.8 Å². The second-order valence-electron chi connectivity index (χ2n) is 5.84. The molecule has 0 fully saturated rings. The van der Waals surface area contributed by atoms with Gasteiger partial charge in [0, 0.05) is 17.1 Å². The quantitative estimate of drug-likeness (QED) is 0.844. The van der Waals surface area contributed by atoms with Gasteiger partial charge in [-0.25, -0.2) is 0 Å². The fourth-order valence-corrected chi connectivity index (χ4v) is 2.22. The van der Waals surface area contributed by atoms with Crippen LogP contribution in [-0.2, 0) is 0 Å². The maximum atomic E-state index is 6.28. The summed E-state index contributed by atoms with van der Waals surface area (Å²) >= 11 is 0. The van der Waals surface area contributed by atoms with Crippen molar-refractivity contribution in [2.75, 3.05) is 7.11 Å². The summed E-state index contributed by atoms with van der Waals surface area (Å²) in [5.41, 5.74) is 15.5. The first-order chi connectivity index (χ1) is 8.24. The van der Waals surface area contributed by atoms with Gasteiger partial charge >= 0.3 is 0 Å². The maximum absolute atomic E-state index is 6.28. The Bertz CT molecular complexity index is 408. The summed E-state index contributed by atoms with van der Waals surface area (Å²) in [4.78, 5) is 0. The van der Waals surface area contributed by atoms with Gasteiger partial charge in [-0.1, -0.05) is 17.7 Å². The van der Waals surface area contributed by atoms with Crippen molar-refractivity contribution < 1.29 is 4.74 Å². The average molecular weight is 250 g/mol. The molecule has 1 aromatic rings. The SMILES string of the molecule is COc1c(C)cc(C)cc1C(N)CCC(C)(C)N. The lowest BCUT2D eigenvalue weighted by atomic mass is 9.92. The van der Waals surface area contributed by atoms with Crippen molar-refractivity contribution in [2.45, 2.75) is 52.1 Å². The van der Waals surface area contributed by atoms with Crippen molar-refractivity contribution in [3.63, 3.8) is 0 Å². The molecule has 0 aromatic heterocycles. The highest BCUT2D eigenvalue weighted by Crippen LogP contribution is 2.31. The Morgan fingerprint density at radius 3 is 2.39 bits per heavy atom. The van der Waals surface area contributed by atoms with Crippen LogP contribution in [0.1, 0.15) is 49.4 Å². The molecule has 0 saturated heterocycles. The van der Waals surface area contributed by atoms with Crippen molar-refractivity contribution in [1.29, 1.82) is 0 Å². The fourth-order valence-electron chi connectivity index (χ4n) is 2.22. The fraction of sp³-hybridized carbons (Fsp3) is 0.600. The zero-order valence-corrected chi connectivity index (χ0v) is 12.2. The van der Waals surface area contributed by atoms with Crippen LogP contribution in [0.5, 0.6) is 5.75 Å². The van der Waals surface area contributed by atoms with Gasteiger partial charge in [-0.3, -0.25) is 0 Å². The van der Waals surface area contributed by atoms with Gasteiger partial charge in [0.2, 0.25) is 0 Å². The van der Waals surface area contributed by atoms with Crippen LogP contribution in [0.15, 0.2) is 12.1 Å². The van der Waals surface area contributed by atoms with Gasteiger partial charge in [-0.15, -0.1) is 0 Å². The zero-order valence-electron chi connectivity index (χ0n) is 12.2. The molecule has 0 heterocycles. The van der Waals surface area contributed by atoms with E-state index in [1.54, 1.807) is 7.11 Å². The third-order valence-electron chi connectivity index (χ3n) is 3.15. The Morgan fingerprint density at radius 2 is 1.89 bits per heavy atom. The Hall–Kier alpha value is -1.06. The Labute approximate surface area is 111 Å². The molecule has 102 valence electrons. The molecule has 18 heavy (non-hydrogen) atoms. The summed E-state index contributed by atoms with van der Waals surface area (Å²) in [5.74, 6) is 0.905. The number of rotatable bonds is 5. The van der Waals surface area contributed by atoms with E-state index in [4.69, 9.17) is 16.2 Å². The van der Waals surface area contributed by atoms with Crippen molar-refractivity contribution in [3.8, 4) is 5.75 Å². The van der Waals surface area contributed by atoms with E-state index in [9.17, 15) is 0 Å². The van der Waals surface area contributed by atoms with E-state index in [2.05, 4.69) is 26.0 Å². The zero-order chi connectivity index (χ0) is 13.9. The number of methoxy groups -OCH3 is 1. The number of hydrogen-bond donors (Lipinski definition) is 2. The lowest BCUT2D eigenvalue weighted by Gasteiger charge is -2.23. The topological polar surface area (TPSA) is 61.3 Å². The summed E-state index contributed by atoms with van der Waals surface area (Å²) in [6, 6.07) is 4.20. The van der Waals surface area contributed by atoms with Crippen LogP contribution in [0.4, 0.5) is 0 Å². The summed E-state index contributed by atoms with van der Waals surface area (Å²) < 4.78 is 5.47. The highest BCUT2D eigenvalue weighted by molar-refractivity contribution is 5.45. The molecule has 0 saturated carbocycles. The molecule has 3 heteroatoms. The molecule has 0 aliphatic carbocycles. The molecule has 1 unspecified atom stereocenters. The molecule has 1 rings (SSSR count). The first-order valence-electron chi connectivity index (χ1n) is 6.44. The molecular formula is C15H26N2O. The molecule has 1 aromatic carbocycles. The van der Waals surface area contributed by atoms with Crippen molar-refractivity contribution in [3.05, 3.63) is 28.8 Å². The van der Waals surface area contributed by atoms with Gasteiger partial charge < -0.3 is 16.2 Å². The van der Waals surface area contributed by atoms with Gasteiger partial charge in [0.25, 0.3) is 0 Å². The third-order valence-corrected chi connectivity index (χ3v) is 3.15. The molecule has 0 spiro atoms. The van der Waals surface area contributed by atoms with Crippen LogP contribution in [0.25, 0.3) is 0 Å². The van der Waals surface area contributed by atoms with E-state index in [0.717, 1.165) is 29.7 Å². The minimum absolute atomic E-state index is 0.0265. The highest BCUT2D eigenvalue weighted by atomic mass is 16.5. The monoisotopic (exact) mass is 250 g/mol. The largest absolute Gasteiger partial charge is 0.496 e. The predicted molar refractivity (Wildman–Crippen MR) is 76.9 cm³/mol. The van der Waals surface area contributed by atoms with E-state index in [1.807, 2.05) is 13.8 Å². The van der Waals surface area contributed by atoms with Crippen molar-refractivity contribution in [2.24, 2.45) is 11.5 Å². The third kappa shape index (κ3) is 4.00. The predicted octanol–water partition coefficient (Wildman–Crippen LogP) is 2.83. The molecule has 4 N–H and O–H groups in total. The van der Waals surface area contributed by atoms with Gasteiger partial charge in [0.1, 0.15) is 5.75 Å². The lowest BCUT2D eigenvalue weighted by molar-refractivity contribution is 0.391. The molecule has 0 radical (unpaired) electrons. The summed E-state index contributed by atoms with van der Waals surface area (Å²) in [7, 11) is 1.70. The number of hydrogen-bond acceptors (Lipinski definition) is 3. The second kappa shape index (κ2) is 5.72. The molecule has 0 bridgehead atoms. The Morgan fingerprint density at radius 1 is 1.28 bits per heavy atom. The standard InChI is InChI=1S/C15H26N2O/c1-10-8-11(2)14(18-5)12(9-10)13(16)6-7-15(3,4)17/h8-9,13H,6-7,16-17H2,1-5H3. The Kier molecular flexibility index (Phi) is 4.77. The van der Waals surface area contributed by atoms with E-state index < -0.39 is 0 Å². The summed E-state index contributed by atoms with van der Waals surface area (Å²) in [6.45, 7) is 8.18. The van der Waals surface area contributed by atoms with Crippen molar-refractivity contribution >= 4 is 0 Å². The van der Waals surface area contributed by atoms with E-state index >= 15 is 0 Å². The molecule has 0 aliphatic heterocycles. The van der Waals surface area contributed by atoms with Gasteiger partial charge in [0.05, 0.1) is 7.11 Å². The van der Waals surface area contributed by atoms with E-state index in [0.29, 0.717) is 0 Å². The second-order valence-corrected chi connectivity index (χ2v) is 5.84. The number of aryl methyl sites for hydroxylation is 2. The molecule has 3 nitrogen and oxygen atoms in total. The average Bonchev–Trinajstić information content (AvgIpc) is 2.24. The number of nitrogens with two attached hydrogens (primary N) is 2. The van der Waals surface area contributed by atoms with Crippen molar-refractivity contribution in [1.82, 2.24) is 0 Å². The maximum Gasteiger partial charge on any atom is 0.126 e. The Balaban J connectivity index is 2.94. The summed E-state index contributed by atoms with van der Waals surface area (Å²) in [6.07, 6.45) is 1.76. The van der Waals surface area contributed by atoms with Crippen LogP contribution in [0.2, 0.25) is 0 Å². The lowest BCUT2D eigenvalue weighted by Crippen LogP contribution is -2.32. The smallest absolute Gasteiger partial charge is 0.126 e. The van der Waals surface area contributed by atoms with E-state index in [1.165, 1.54) is 5.56 Å². The van der Waals surface area contributed by atoms with Crippen LogP contribution in [-0.4, -0.2) is 12.6 Å². The van der Waals surface area contributed by atoms with Crippen LogP contribution in [0.3, 0.4) is 0 Å². The van der Waals surface area contributed by atoms with Crippen LogP contribution >= 0.6 is 0 Å². The molecule has 0 aliphatic rings. The molecule has 0 amide bonds. The number of ether oxygens (including phenoxy) is 1. The first kappa shape index (κ1) is 15.0. The highest BCUT2D eigenvalue weighted by Gasteiger charge is 2.18. The first-order valence-corrected chi connectivity index (χ1v) is 6.44.